The highest BCUT2D eigenvalue weighted by atomic mass is 32.2. The van der Waals surface area contributed by atoms with E-state index in [0.717, 1.165) is 37.7 Å². The van der Waals surface area contributed by atoms with Gasteiger partial charge in [0.1, 0.15) is 0 Å². The van der Waals surface area contributed by atoms with E-state index < -0.39 is 10.0 Å². The van der Waals surface area contributed by atoms with Crippen molar-refractivity contribution in [1.82, 2.24) is 4.72 Å². The van der Waals surface area contributed by atoms with Crippen molar-refractivity contribution in [2.75, 3.05) is 6.54 Å². The molecule has 0 bridgehead atoms. The third-order valence-electron chi connectivity index (χ3n) is 4.88. The van der Waals surface area contributed by atoms with Crippen LogP contribution in [0, 0.1) is 0 Å². The number of rotatable bonds is 16. The molecular formula is C22H39NO2S. The van der Waals surface area contributed by atoms with Crippen molar-refractivity contribution in [3.63, 3.8) is 0 Å². The van der Waals surface area contributed by atoms with Crippen LogP contribution >= 0.6 is 0 Å². The van der Waals surface area contributed by atoms with Crippen molar-refractivity contribution in [2.24, 2.45) is 0 Å². The van der Waals surface area contributed by atoms with E-state index in [-0.39, 0.29) is 0 Å². The van der Waals surface area contributed by atoms with Crippen LogP contribution in [0.5, 0.6) is 0 Å². The molecule has 0 spiro atoms. The van der Waals surface area contributed by atoms with Crippen LogP contribution in [0.25, 0.3) is 0 Å². The Bertz CT molecular complexity index is 569. The Morgan fingerprint density at radius 2 is 1.27 bits per heavy atom. The van der Waals surface area contributed by atoms with Crippen LogP contribution < -0.4 is 4.72 Å². The van der Waals surface area contributed by atoms with Gasteiger partial charge < -0.3 is 0 Å². The summed E-state index contributed by atoms with van der Waals surface area (Å²) in [6, 6.07) is 7.40. The number of sulfonamides is 1. The molecule has 0 heterocycles. The minimum Gasteiger partial charge on any atom is -0.211 e. The fraction of sp³-hybridized carbons (Fsp3) is 0.727. The van der Waals surface area contributed by atoms with Crippen molar-refractivity contribution in [2.45, 2.75) is 102 Å². The first-order valence-electron chi connectivity index (χ1n) is 10.7. The predicted octanol–water partition coefficient (Wildman–Crippen LogP) is 6.23. The highest BCUT2D eigenvalue weighted by Crippen LogP contribution is 2.18. The normalized spacial score (nSPS) is 11.8. The molecule has 0 aliphatic heterocycles. The van der Waals surface area contributed by atoms with Gasteiger partial charge >= 0.3 is 0 Å². The molecule has 3 nitrogen and oxygen atoms in total. The molecule has 1 N–H and O–H groups in total. The fourth-order valence-corrected chi connectivity index (χ4v) is 4.58. The molecule has 0 radical (unpaired) electrons. The lowest BCUT2D eigenvalue weighted by molar-refractivity contribution is 0.548. The number of benzene rings is 1. The van der Waals surface area contributed by atoms with Gasteiger partial charge in [0.2, 0.25) is 10.0 Å². The van der Waals surface area contributed by atoms with E-state index in [2.05, 4.69) is 18.6 Å². The molecule has 1 aromatic carbocycles. The van der Waals surface area contributed by atoms with E-state index in [1.165, 1.54) is 51.4 Å². The summed E-state index contributed by atoms with van der Waals surface area (Å²) in [6.45, 7) is 4.92. The van der Waals surface area contributed by atoms with Crippen LogP contribution in [0.3, 0.4) is 0 Å². The van der Waals surface area contributed by atoms with Crippen molar-refractivity contribution in [1.29, 1.82) is 0 Å². The molecule has 0 atom stereocenters. The first-order chi connectivity index (χ1) is 12.6. The summed E-state index contributed by atoms with van der Waals surface area (Å²) >= 11 is 0. The van der Waals surface area contributed by atoms with Gasteiger partial charge in [-0.25, -0.2) is 13.1 Å². The molecule has 0 saturated carbocycles. The van der Waals surface area contributed by atoms with E-state index >= 15 is 0 Å². The first-order valence-corrected chi connectivity index (χ1v) is 12.2. The second-order valence-electron chi connectivity index (χ2n) is 7.29. The van der Waals surface area contributed by atoms with E-state index in [1.807, 2.05) is 18.2 Å². The van der Waals surface area contributed by atoms with Crippen molar-refractivity contribution in [3.8, 4) is 0 Å². The summed E-state index contributed by atoms with van der Waals surface area (Å²) in [4.78, 5) is 0.459. The van der Waals surface area contributed by atoms with Gasteiger partial charge in [-0.05, 0) is 30.9 Å². The summed E-state index contributed by atoms with van der Waals surface area (Å²) < 4.78 is 27.9. The Balaban J connectivity index is 2.22. The summed E-state index contributed by atoms with van der Waals surface area (Å²) in [5.74, 6) is 0. The Labute approximate surface area is 162 Å². The van der Waals surface area contributed by atoms with E-state index in [1.54, 1.807) is 6.07 Å². The summed E-state index contributed by atoms with van der Waals surface area (Å²) in [5, 5.41) is 0. The van der Waals surface area contributed by atoms with Crippen molar-refractivity contribution < 1.29 is 8.42 Å². The lowest BCUT2D eigenvalue weighted by Crippen LogP contribution is -2.25. The predicted molar refractivity (Wildman–Crippen MR) is 112 cm³/mol. The average molecular weight is 382 g/mol. The van der Waals surface area contributed by atoms with Crippen LogP contribution in [-0.4, -0.2) is 15.0 Å². The summed E-state index contributed by atoms with van der Waals surface area (Å²) in [5.41, 5.74) is 0.935. The van der Waals surface area contributed by atoms with Gasteiger partial charge in [-0.15, -0.1) is 0 Å². The second kappa shape index (κ2) is 14.2. The lowest BCUT2D eigenvalue weighted by atomic mass is 10.1. The zero-order valence-corrected chi connectivity index (χ0v) is 17.8. The van der Waals surface area contributed by atoms with Gasteiger partial charge in [-0.1, -0.05) is 96.3 Å². The smallest absolute Gasteiger partial charge is 0.211 e. The van der Waals surface area contributed by atoms with Crippen LogP contribution in [0.15, 0.2) is 29.2 Å². The minimum atomic E-state index is -3.38. The molecule has 0 saturated heterocycles. The van der Waals surface area contributed by atoms with Crippen LogP contribution in [0.2, 0.25) is 0 Å². The molecular weight excluding hydrogens is 342 g/mol. The van der Waals surface area contributed by atoms with Gasteiger partial charge in [0.15, 0.2) is 0 Å². The molecule has 0 unspecified atom stereocenters. The molecule has 0 amide bonds. The molecule has 26 heavy (non-hydrogen) atoms. The number of hydrogen-bond donors (Lipinski definition) is 1. The third kappa shape index (κ3) is 9.72. The standard InChI is InChI=1S/C22H39NO2S/c1-3-5-7-8-9-10-11-12-13-16-20-23-26(24,25)22-19-15-14-18-21(22)17-6-4-2/h14-15,18-19,23H,3-13,16-17,20H2,1-2H3. The maximum absolute atomic E-state index is 12.6. The number of unbranched alkanes of at least 4 members (excludes halogenated alkanes) is 10. The van der Waals surface area contributed by atoms with Crippen molar-refractivity contribution in [3.05, 3.63) is 29.8 Å². The zero-order valence-electron chi connectivity index (χ0n) is 16.9. The Hall–Kier alpha value is -0.870. The topological polar surface area (TPSA) is 46.2 Å². The molecule has 4 heteroatoms. The highest BCUT2D eigenvalue weighted by Gasteiger charge is 2.16. The monoisotopic (exact) mass is 381 g/mol. The van der Waals surface area contributed by atoms with Gasteiger partial charge in [-0.3, -0.25) is 0 Å². The van der Waals surface area contributed by atoms with Crippen LogP contribution in [0.4, 0.5) is 0 Å². The maximum Gasteiger partial charge on any atom is 0.240 e. The maximum atomic E-state index is 12.6. The molecule has 0 aliphatic carbocycles. The molecule has 0 fully saturated rings. The number of nitrogens with one attached hydrogen (secondary N) is 1. The quantitative estimate of drug-likeness (QED) is 0.345. The Kier molecular flexibility index (Phi) is 12.7. The first kappa shape index (κ1) is 23.2. The van der Waals surface area contributed by atoms with E-state index in [9.17, 15) is 8.42 Å². The molecule has 0 aromatic heterocycles. The second-order valence-corrected chi connectivity index (χ2v) is 9.03. The minimum absolute atomic E-state index is 0.459. The van der Waals surface area contributed by atoms with E-state index in [0.29, 0.717) is 11.4 Å². The van der Waals surface area contributed by atoms with E-state index in [4.69, 9.17) is 0 Å². The molecule has 1 rings (SSSR count). The van der Waals surface area contributed by atoms with Crippen LogP contribution in [-0.2, 0) is 16.4 Å². The van der Waals surface area contributed by atoms with Crippen LogP contribution in [0.1, 0.15) is 96.5 Å². The van der Waals surface area contributed by atoms with Gasteiger partial charge in [0.25, 0.3) is 0 Å². The summed E-state index contributed by atoms with van der Waals surface area (Å²) in [6.07, 6.45) is 15.5. The van der Waals surface area contributed by atoms with Gasteiger partial charge in [0.05, 0.1) is 4.90 Å². The van der Waals surface area contributed by atoms with Gasteiger partial charge in [-0.2, -0.15) is 0 Å². The summed E-state index contributed by atoms with van der Waals surface area (Å²) in [7, 11) is -3.38. The number of aryl methyl sites for hydroxylation is 1. The molecule has 0 aliphatic rings. The fourth-order valence-electron chi connectivity index (χ4n) is 3.24. The highest BCUT2D eigenvalue weighted by molar-refractivity contribution is 7.89. The zero-order chi connectivity index (χ0) is 19.1. The van der Waals surface area contributed by atoms with Gasteiger partial charge in [0, 0.05) is 6.54 Å². The molecule has 1 aromatic rings. The van der Waals surface area contributed by atoms with Crippen molar-refractivity contribution >= 4 is 10.0 Å². The molecule has 150 valence electrons. The average Bonchev–Trinajstić information content (AvgIpc) is 2.64. The third-order valence-corrected chi connectivity index (χ3v) is 6.45. The Morgan fingerprint density at radius 3 is 1.88 bits per heavy atom. The Morgan fingerprint density at radius 1 is 0.731 bits per heavy atom. The number of hydrogen-bond acceptors (Lipinski definition) is 2. The largest absolute Gasteiger partial charge is 0.240 e. The SMILES string of the molecule is CCCCCCCCCCCCNS(=O)(=O)c1ccccc1CCCC. The lowest BCUT2D eigenvalue weighted by Gasteiger charge is -2.11.